The SMILES string of the molecule is O[C@H](COCc1cccs1)CSc1nnc(-c2ccc(Cl)cc2)o1. The number of halogens is 1. The molecule has 3 aromatic rings. The lowest BCUT2D eigenvalue weighted by atomic mass is 10.2. The Morgan fingerprint density at radius 3 is 2.83 bits per heavy atom. The standard InChI is InChI=1S/C16H15ClN2O3S2/c17-12-5-3-11(4-6-12)15-18-19-16(22-15)24-10-13(20)8-21-9-14-2-1-7-23-14/h1-7,13,20H,8-10H2/t13-/m1/s1. The average Bonchev–Trinajstić information content (AvgIpc) is 3.25. The minimum absolute atomic E-state index is 0.267. The Balaban J connectivity index is 1.44. The van der Waals surface area contributed by atoms with Gasteiger partial charge in [0.05, 0.1) is 19.3 Å². The van der Waals surface area contributed by atoms with E-state index in [1.165, 1.54) is 11.8 Å². The number of nitrogens with zero attached hydrogens (tertiary/aromatic N) is 2. The summed E-state index contributed by atoms with van der Waals surface area (Å²) >= 11 is 8.79. The van der Waals surface area contributed by atoms with Crippen LogP contribution in [0.1, 0.15) is 4.88 Å². The zero-order valence-corrected chi connectivity index (χ0v) is 15.0. The molecule has 2 heterocycles. The van der Waals surface area contributed by atoms with E-state index >= 15 is 0 Å². The van der Waals surface area contributed by atoms with Crippen molar-refractivity contribution in [3.05, 3.63) is 51.7 Å². The van der Waals surface area contributed by atoms with Crippen molar-refractivity contribution in [3.63, 3.8) is 0 Å². The molecule has 5 nitrogen and oxygen atoms in total. The van der Waals surface area contributed by atoms with Crippen molar-refractivity contribution in [1.29, 1.82) is 0 Å². The van der Waals surface area contributed by atoms with Gasteiger partial charge in [0, 0.05) is 21.2 Å². The lowest BCUT2D eigenvalue weighted by Gasteiger charge is -2.08. The molecule has 1 atom stereocenters. The third-order valence-electron chi connectivity index (χ3n) is 3.03. The molecule has 0 spiro atoms. The maximum atomic E-state index is 9.95. The molecular weight excluding hydrogens is 368 g/mol. The summed E-state index contributed by atoms with van der Waals surface area (Å²) in [5.74, 6) is 0.852. The summed E-state index contributed by atoms with van der Waals surface area (Å²) in [5, 5.41) is 21.0. The first kappa shape index (κ1) is 17.4. The fraction of sp³-hybridized carbons (Fsp3) is 0.250. The number of aliphatic hydroxyl groups is 1. The molecule has 0 fully saturated rings. The van der Waals surface area contributed by atoms with Crippen LogP contribution in [-0.2, 0) is 11.3 Å². The van der Waals surface area contributed by atoms with E-state index < -0.39 is 6.10 Å². The van der Waals surface area contributed by atoms with Crippen molar-refractivity contribution >= 4 is 34.7 Å². The molecule has 24 heavy (non-hydrogen) atoms. The van der Waals surface area contributed by atoms with E-state index in [1.54, 1.807) is 23.5 Å². The Hall–Kier alpha value is -1.38. The minimum atomic E-state index is -0.596. The number of hydrogen-bond acceptors (Lipinski definition) is 7. The lowest BCUT2D eigenvalue weighted by molar-refractivity contribution is 0.0408. The van der Waals surface area contributed by atoms with Crippen LogP contribution in [0.5, 0.6) is 0 Å². The highest BCUT2D eigenvalue weighted by molar-refractivity contribution is 7.99. The van der Waals surface area contributed by atoms with Gasteiger partial charge in [-0.1, -0.05) is 29.4 Å². The highest BCUT2D eigenvalue weighted by atomic mass is 35.5. The first-order valence-electron chi connectivity index (χ1n) is 7.21. The molecule has 1 N–H and O–H groups in total. The first-order valence-corrected chi connectivity index (χ1v) is 9.45. The van der Waals surface area contributed by atoms with Crippen LogP contribution in [0.2, 0.25) is 5.02 Å². The molecule has 0 unspecified atom stereocenters. The lowest BCUT2D eigenvalue weighted by Crippen LogP contribution is -2.17. The second-order valence-electron chi connectivity index (χ2n) is 4.94. The number of ether oxygens (including phenoxy) is 1. The molecule has 1 aromatic carbocycles. The number of benzene rings is 1. The highest BCUT2D eigenvalue weighted by Gasteiger charge is 2.12. The zero-order valence-electron chi connectivity index (χ0n) is 12.6. The van der Waals surface area contributed by atoms with E-state index in [9.17, 15) is 5.11 Å². The molecule has 0 bridgehead atoms. The molecule has 8 heteroatoms. The number of aromatic nitrogens is 2. The first-order chi connectivity index (χ1) is 11.7. The smallest absolute Gasteiger partial charge is 0.276 e. The van der Waals surface area contributed by atoms with E-state index in [0.29, 0.717) is 28.5 Å². The summed E-state index contributed by atoms with van der Waals surface area (Å²) in [6.07, 6.45) is -0.596. The highest BCUT2D eigenvalue weighted by Crippen LogP contribution is 2.24. The minimum Gasteiger partial charge on any atom is -0.411 e. The largest absolute Gasteiger partial charge is 0.411 e. The number of thiophene rings is 1. The Morgan fingerprint density at radius 2 is 2.08 bits per heavy atom. The van der Waals surface area contributed by atoms with Crippen molar-refractivity contribution in [2.75, 3.05) is 12.4 Å². The second kappa shape index (κ2) is 8.64. The molecule has 0 saturated carbocycles. The molecular formula is C16H15ClN2O3S2. The van der Waals surface area contributed by atoms with Crippen LogP contribution in [0.4, 0.5) is 0 Å². The van der Waals surface area contributed by atoms with Crippen LogP contribution in [0, 0.1) is 0 Å². The van der Waals surface area contributed by atoms with Gasteiger partial charge in [-0.2, -0.15) is 0 Å². The van der Waals surface area contributed by atoms with Crippen LogP contribution >= 0.6 is 34.7 Å². The molecule has 2 aromatic heterocycles. The van der Waals surface area contributed by atoms with Gasteiger partial charge in [-0.3, -0.25) is 0 Å². The van der Waals surface area contributed by atoms with E-state index in [-0.39, 0.29) is 6.61 Å². The molecule has 0 aliphatic heterocycles. The van der Waals surface area contributed by atoms with Gasteiger partial charge in [0.2, 0.25) is 5.89 Å². The van der Waals surface area contributed by atoms with E-state index in [0.717, 1.165) is 10.4 Å². The summed E-state index contributed by atoms with van der Waals surface area (Å²) in [6, 6.07) is 11.1. The van der Waals surface area contributed by atoms with E-state index in [4.69, 9.17) is 20.8 Å². The second-order valence-corrected chi connectivity index (χ2v) is 7.38. The van der Waals surface area contributed by atoms with Crippen LogP contribution in [0.25, 0.3) is 11.5 Å². The summed E-state index contributed by atoms with van der Waals surface area (Å²) in [7, 11) is 0. The Morgan fingerprint density at radius 1 is 1.25 bits per heavy atom. The molecule has 0 amide bonds. The van der Waals surface area contributed by atoms with Gasteiger partial charge >= 0.3 is 0 Å². The van der Waals surface area contributed by atoms with Crippen molar-refractivity contribution in [2.45, 2.75) is 17.9 Å². The van der Waals surface area contributed by atoms with Gasteiger partial charge in [0.15, 0.2) is 0 Å². The Labute approximate surface area is 152 Å². The fourth-order valence-corrected chi connectivity index (χ4v) is 3.32. The number of rotatable bonds is 8. The van der Waals surface area contributed by atoms with E-state index in [1.807, 2.05) is 29.6 Å². The maximum Gasteiger partial charge on any atom is 0.276 e. The number of hydrogen-bond donors (Lipinski definition) is 1. The third kappa shape index (κ3) is 5.06. The van der Waals surface area contributed by atoms with Crippen LogP contribution in [0.15, 0.2) is 51.4 Å². The number of aliphatic hydroxyl groups excluding tert-OH is 1. The fourth-order valence-electron chi connectivity index (χ4n) is 1.88. The van der Waals surface area contributed by atoms with Gasteiger partial charge in [-0.15, -0.1) is 21.5 Å². The molecule has 0 aliphatic carbocycles. The summed E-state index contributed by atoms with van der Waals surface area (Å²) in [4.78, 5) is 1.14. The Bertz CT molecular complexity index is 747. The quantitative estimate of drug-likeness (QED) is 0.591. The van der Waals surface area contributed by atoms with Crippen molar-refractivity contribution < 1.29 is 14.3 Å². The molecule has 3 rings (SSSR count). The molecule has 0 aliphatic rings. The van der Waals surface area contributed by atoms with Crippen molar-refractivity contribution in [1.82, 2.24) is 10.2 Å². The van der Waals surface area contributed by atoms with Gasteiger partial charge in [-0.25, -0.2) is 0 Å². The van der Waals surface area contributed by atoms with Gasteiger partial charge in [0.25, 0.3) is 5.22 Å². The predicted octanol–water partition coefficient (Wildman–Crippen LogP) is 4.12. The number of thioether (sulfide) groups is 1. The van der Waals surface area contributed by atoms with Gasteiger partial charge in [-0.05, 0) is 35.7 Å². The average molecular weight is 383 g/mol. The van der Waals surface area contributed by atoms with E-state index in [2.05, 4.69) is 10.2 Å². The summed E-state index contributed by atoms with van der Waals surface area (Å²) in [6.45, 7) is 0.781. The zero-order chi connectivity index (χ0) is 16.8. The normalized spacial score (nSPS) is 12.4. The van der Waals surface area contributed by atoms with Crippen LogP contribution in [-0.4, -0.2) is 33.8 Å². The molecule has 0 saturated heterocycles. The van der Waals surface area contributed by atoms with Crippen molar-refractivity contribution in [2.24, 2.45) is 0 Å². The topological polar surface area (TPSA) is 68.4 Å². The summed E-state index contributed by atoms with van der Waals surface area (Å²) in [5.41, 5.74) is 0.804. The monoisotopic (exact) mass is 382 g/mol. The van der Waals surface area contributed by atoms with Crippen molar-refractivity contribution in [3.8, 4) is 11.5 Å². The Kier molecular flexibility index (Phi) is 6.28. The maximum absolute atomic E-state index is 9.95. The predicted molar refractivity (Wildman–Crippen MR) is 95.4 cm³/mol. The molecule has 0 radical (unpaired) electrons. The van der Waals surface area contributed by atoms with Crippen LogP contribution in [0.3, 0.4) is 0 Å². The van der Waals surface area contributed by atoms with Gasteiger partial charge < -0.3 is 14.3 Å². The van der Waals surface area contributed by atoms with Crippen LogP contribution < -0.4 is 0 Å². The molecule has 126 valence electrons. The summed E-state index contributed by atoms with van der Waals surface area (Å²) < 4.78 is 11.1. The third-order valence-corrected chi connectivity index (χ3v) is 5.10. The van der Waals surface area contributed by atoms with Gasteiger partial charge in [0.1, 0.15) is 0 Å².